The van der Waals surface area contributed by atoms with Gasteiger partial charge in [-0.05, 0) is 37.1 Å². The Morgan fingerprint density at radius 3 is 2.57 bits per heavy atom. The number of hydrogen-bond acceptors (Lipinski definition) is 2. The van der Waals surface area contributed by atoms with Crippen LogP contribution in [0.3, 0.4) is 0 Å². The van der Waals surface area contributed by atoms with E-state index in [1.807, 2.05) is 25.1 Å². The zero-order valence-corrected chi connectivity index (χ0v) is 12.0. The van der Waals surface area contributed by atoms with Crippen LogP contribution >= 0.6 is 0 Å². The minimum absolute atomic E-state index is 0.150. The molecule has 0 atom stereocenters. The van der Waals surface area contributed by atoms with Crippen LogP contribution in [0.2, 0.25) is 0 Å². The fraction of sp³-hybridized carbons (Fsp3) is 0.235. The first-order valence-corrected chi connectivity index (χ1v) is 7.07. The summed E-state index contributed by atoms with van der Waals surface area (Å²) in [6.07, 6.45) is 0.474. The number of amides is 1. The van der Waals surface area contributed by atoms with Crippen LogP contribution in [0.15, 0.2) is 48.5 Å². The maximum absolute atomic E-state index is 13.5. The average molecular weight is 286 g/mol. The molecule has 0 fully saturated rings. The van der Waals surface area contributed by atoms with Crippen molar-refractivity contribution in [3.8, 4) is 0 Å². The van der Waals surface area contributed by atoms with Crippen LogP contribution in [0, 0.1) is 5.82 Å². The number of carbonyl (C=O) groups is 1. The van der Waals surface area contributed by atoms with Crippen LogP contribution in [-0.2, 0) is 6.42 Å². The molecule has 0 saturated heterocycles. The lowest BCUT2D eigenvalue weighted by Gasteiger charge is -2.11. The fourth-order valence-corrected chi connectivity index (χ4v) is 2.13. The lowest BCUT2D eigenvalue weighted by Crippen LogP contribution is -2.26. The van der Waals surface area contributed by atoms with Crippen molar-refractivity contribution >= 4 is 11.6 Å². The summed E-state index contributed by atoms with van der Waals surface area (Å²) >= 11 is 0. The predicted molar refractivity (Wildman–Crippen MR) is 83.0 cm³/mol. The molecule has 0 spiro atoms. The van der Waals surface area contributed by atoms with Gasteiger partial charge in [-0.2, -0.15) is 0 Å². The van der Waals surface area contributed by atoms with E-state index in [4.69, 9.17) is 0 Å². The van der Waals surface area contributed by atoms with Gasteiger partial charge in [0.2, 0.25) is 0 Å². The number of hydrogen-bond donors (Lipinski definition) is 2. The van der Waals surface area contributed by atoms with Crippen LogP contribution in [-0.4, -0.2) is 19.0 Å². The Morgan fingerprint density at radius 1 is 1.10 bits per heavy atom. The van der Waals surface area contributed by atoms with Crippen LogP contribution in [0.1, 0.15) is 22.8 Å². The summed E-state index contributed by atoms with van der Waals surface area (Å²) in [4.78, 5) is 12.2. The first-order valence-electron chi connectivity index (χ1n) is 7.07. The van der Waals surface area contributed by atoms with Gasteiger partial charge in [0.15, 0.2) is 0 Å². The summed E-state index contributed by atoms with van der Waals surface area (Å²) in [6.45, 7) is 3.13. The first-order chi connectivity index (χ1) is 10.2. The Kier molecular flexibility index (Phi) is 5.32. The van der Waals surface area contributed by atoms with E-state index in [9.17, 15) is 9.18 Å². The Balaban J connectivity index is 1.95. The summed E-state index contributed by atoms with van der Waals surface area (Å²) in [5.41, 5.74) is 2.02. The zero-order valence-electron chi connectivity index (χ0n) is 12.0. The SMILES string of the molecule is CCNc1ccccc1C(=O)NCCc1ccccc1F. The molecular formula is C17H19FN2O. The summed E-state index contributed by atoms with van der Waals surface area (Å²) < 4.78 is 13.5. The molecule has 2 N–H and O–H groups in total. The van der Waals surface area contributed by atoms with Crippen molar-refractivity contribution in [2.24, 2.45) is 0 Å². The lowest BCUT2D eigenvalue weighted by atomic mass is 10.1. The van der Waals surface area contributed by atoms with Gasteiger partial charge in [0, 0.05) is 18.8 Å². The molecule has 0 radical (unpaired) electrons. The molecule has 0 unspecified atom stereocenters. The smallest absolute Gasteiger partial charge is 0.253 e. The standard InChI is InChI=1S/C17H19FN2O/c1-2-19-16-10-6-4-8-14(16)17(21)20-12-11-13-7-3-5-9-15(13)18/h3-10,19H,2,11-12H2,1H3,(H,20,21). The van der Waals surface area contributed by atoms with Crippen molar-refractivity contribution in [3.05, 3.63) is 65.5 Å². The van der Waals surface area contributed by atoms with E-state index in [2.05, 4.69) is 10.6 Å². The van der Waals surface area contributed by atoms with E-state index in [1.54, 1.807) is 24.3 Å². The Hall–Kier alpha value is -2.36. The van der Waals surface area contributed by atoms with Gasteiger partial charge in [0.1, 0.15) is 5.82 Å². The third-order valence-corrected chi connectivity index (χ3v) is 3.18. The lowest BCUT2D eigenvalue weighted by molar-refractivity contribution is 0.0955. The van der Waals surface area contributed by atoms with Crippen LogP contribution in [0.5, 0.6) is 0 Å². The summed E-state index contributed by atoms with van der Waals surface area (Å²) in [5.74, 6) is -0.386. The second kappa shape index (κ2) is 7.43. The zero-order chi connectivity index (χ0) is 15.1. The maximum Gasteiger partial charge on any atom is 0.253 e. The van der Waals surface area contributed by atoms with Gasteiger partial charge in [-0.15, -0.1) is 0 Å². The highest BCUT2D eigenvalue weighted by molar-refractivity contribution is 5.99. The van der Waals surface area contributed by atoms with Crippen molar-refractivity contribution in [3.63, 3.8) is 0 Å². The van der Waals surface area contributed by atoms with E-state index >= 15 is 0 Å². The topological polar surface area (TPSA) is 41.1 Å². The van der Waals surface area contributed by atoms with Crippen molar-refractivity contribution in [2.75, 3.05) is 18.4 Å². The number of benzene rings is 2. The Labute approximate surface area is 124 Å². The van der Waals surface area contributed by atoms with Crippen molar-refractivity contribution in [1.82, 2.24) is 5.32 Å². The highest BCUT2D eigenvalue weighted by atomic mass is 19.1. The van der Waals surface area contributed by atoms with E-state index in [0.717, 1.165) is 12.2 Å². The number of halogens is 1. The third kappa shape index (κ3) is 4.05. The van der Waals surface area contributed by atoms with Crippen LogP contribution in [0.25, 0.3) is 0 Å². The van der Waals surface area contributed by atoms with Crippen molar-refractivity contribution in [2.45, 2.75) is 13.3 Å². The van der Waals surface area contributed by atoms with Gasteiger partial charge in [0.25, 0.3) is 5.91 Å². The highest BCUT2D eigenvalue weighted by Gasteiger charge is 2.10. The number of carbonyl (C=O) groups excluding carboxylic acids is 1. The predicted octanol–water partition coefficient (Wildman–Crippen LogP) is 3.23. The Morgan fingerprint density at radius 2 is 1.81 bits per heavy atom. The summed E-state index contributed by atoms with van der Waals surface area (Å²) in [6, 6.07) is 14.0. The molecule has 0 saturated carbocycles. The van der Waals surface area contributed by atoms with Crippen LogP contribution < -0.4 is 10.6 Å². The molecule has 110 valence electrons. The number of para-hydroxylation sites is 1. The number of rotatable bonds is 6. The molecule has 0 aliphatic rings. The van der Waals surface area contributed by atoms with Gasteiger partial charge in [-0.3, -0.25) is 4.79 Å². The Bertz CT molecular complexity index is 613. The maximum atomic E-state index is 13.5. The molecule has 0 aromatic heterocycles. The van der Waals surface area contributed by atoms with E-state index in [1.165, 1.54) is 6.07 Å². The molecule has 0 heterocycles. The number of anilines is 1. The molecule has 2 aromatic rings. The fourth-order valence-electron chi connectivity index (χ4n) is 2.13. The number of nitrogens with one attached hydrogen (secondary N) is 2. The molecule has 21 heavy (non-hydrogen) atoms. The quantitative estimate of drug-likeness (QED) is 0.856. The second-order valence-electron chi connectivity index (χ2n) is 4.67. The third-order valence-electron chi connectivity index (χ3n) is 3.18. The monoisotopic (exact) mass is 286 g/mol. The summed E-state index contributed by atoms with van der Waals surface area (Å²) in [5, 5.41) is 5.98. The van der Waals surface area contributed by atoms with E-state index < -0.39 is 0 Å². The van der Waals surface area contributed by atoms with Crippen molar-refractivity contribution < 1.29 is 9.18 Å². The highest BCUT2D eigenvalue weighted by Crippen LogP contribution is 2.14. The first kappa shape index (κ1) is 15.0. The molecule has 0 bridgehead atoms. The normalized spacial score (nSPS) is 10.2. The van der Waals surface area contributed by atoms with Crippen LogP contribution in [0.4, 0.5) is 10.1 Å². The average Bonchev–Trinajstić information content (AvgIpc) is 2.50. The second-order valence-corrected chi connectivity index (χ2v) is 4.67. The van der Waals surface area contributed by atoms with Gasteiger partial charge in [-0.1, -0.05) is 30.3 Å². The van der Waals surface area contributed by atoms with Crippen molar-refractivity contribution in [1.29, 1.82) is 0 Å². The minimum atomic E-state index is -0.236. The molecule has 0 aliphatic heterocycles. The van der Waals surface area contributed by atoms with Gasteiger partial charge in [-0.25, -0.2) is 4.39 Å². The molecule has 2 rings (SSSR count). The molecule has 3 nitrogen and oxygen atoms in total. The largest absolute Gasteiger partial charge is 0.385 e. The molecule has 2 aromatic carbocycles. The molecule has 0 aliphatic carbocycles. The van der Waals surface area contributed by atoms with E-state index in [0.29, 0.717) is 24.1 Å². The molecule has 4 heteroatoms. The van der Waals surface area contributed by atoms with Gasteiger partial charge >= 0.3 is 0 Å². The van der Waals surface area contributed by atoms with Gasteiger partial charge in [0.05, 0.1) is 5.56 Å². The summed E-state index contributed by atoms with van der Waals surface area (Å²) in [7, 11) is 0. The van der Waals surface area contributed by atoms with E-state index in [-0.39, 0.29) is 11.7 Å². The van der Waals surface area contributed by atoms with Gasteiger partial charge < -0.3 is 10.6 Å². The molecule has 1 amide bonds. The molecular weight excluding hydrogens is 267 g/mol. The minimum Gasteiger partial charge on any atom is -0.385 e.